The molecule has 2 fully saturated rings. The van der Waals surface area contributed by atoms with Gasteiger partial charge in [0.05, 0.1) is 0 Å². The molecule has 96 valence electrons. The van der Waals surface area contributed by atoms with Crippen LogP contribution in [0, 0.1) is 0 Å². The molecule has 0 saturated carbocycles. The second kappa shape index (κ2) is 4.05. The number of fused-ring (bicyclic) bond motifs is 3. The number of Topliss-reactive ketones (excluding diaryl/α,β-unsaturated/α-hetero) is 1. The first-order valence-corrected chi connectivity index (χ1v) is 6.96. The Bertz CT molecular complexity index is 631. The molecule has 2 unspecified atom stereocenters. The maximum atomic E-state index is 11.7. The standard InChI is InChI=1S/C16H16N2O/c19-14-8-12-4-5-13(9-14)18(12)16-3-1-2-11-10-17-7-6-15(11)16/h1-3,6-7,10,12-13H,4-5,8-9H2. The predicted octanol–water partition coefficient (Wildman–Crippen LogP) is 2.94. The van der Waals surface area contributed by atoms with Gasteiger partial charge in [0.2, 0.25) is 0 Å². The molecule has 19 heavy (non-hydrogen) atoms. The molecule has 2 aliphatic heterocycles. The van der Waals surface area contributed by atoms with Crippen molar-refractivity contribution in [3.05, 3.63) is 36.7 Å². The van der Waals surface area contributed by atoms with Gasteiger partial charge < -0.3 is 4.90 Å². The highest BCUT2D eigenvalue weighted by atomic mass is 16.1. The van der Waals surface area contributed by atoms with Crippen molar-refractivity contribution >= 4 is 22.2 Å². The number of benzene rings is 1. The molecule has 3 heterocycles. The number of aromatic nitrogens is 1. The van der Waals surface area contributed by atoms with Crippen molar-refractivity contribution in [3.63, 3.8) is 0 Å². The predicted molar refractivity (Wildman–Crippen MR) is 75.3 cm³/mol. The van der Waals surface area contributed by atoms with Gasteiger partial charge in [0, 0.05) is 53.8 Å². The van der Waals surface area contributed by atoms with Gasteiger partial charge in [-0.25, -0.2) is 0 Å². The second-order valence-corrected chi connectivity index (χ2v) is 5.61. The largest absolute Gasteiger partial charge is 0.364 e. The summed E-state index contributed by atoms with van der Waals surface area (Å²) in [5, 5.41) is 2.43. The van der Waals surface area contributed by atoms with Gasteiger partial charge in [-0.1, -0.05) is 12.1 Å². The molecule has 4 rings (SSSR count). The Hall–Kier alpha value is -1.90. The van der Waals surface area contributed by atoms with Crippen LogP contribution in [0.1, 0.15) is 25.7 Å². The summed E-state index contributed by atoms with van der Waals surface area (Å²) in [5.74, 6) is 0.436. The maximum absolute atomic E-state index is 11.7. The van der Waals surface area contributed by atoms with Crippen molar-refractivity contribution in [3.8, 4) is 0 Å². The third-order valence-corrected chi connectivity index (χ3v) is 4.48. The second-order valence-electron chi connectivity index (χ2n) is 5.61. The Morgan fingerprint density at radius 3 is 2.68 bits per heavy atom. The van der Waals surface area contributed by atoms with Crippen molar-refractivity contribution in [2.75, 3.05) is 4.90 Å². The van der Waals surface area contributed by atoms with E-state index in [4.69, 9.17) is 0 Å². The Balaban J connectivity index is 1.85. The van der Waals surface area contributed by atoms with Gasteiger partial charge in [-0.15, -0.1) is 0 Å². The van der Waals surface area contributed by atoms with Crippen LogP contribution in [0.3, 0.4) is 0 Å². The average Bonchev–Trinajstić information content (AvgIpc) is 2.70. The number of piperidine rings is 1. The number of hydrogen-bond acceptors (Lipinski definition) is 3. The highest BCUT2D eigenvalue weighted by Crippen LogP contribution is 2.40. The van der Waals surface area contributed by atoms with Gasteiger partial charge in [-0.05, 0) is 25.0 Å². The lowest BCUT2D eigenvalue weighted by molar-refractivity contribution is -0.120. The smallest absolute Gasteiger partial charge is 0.137 e. The molecular weight excluding hydrogens is 236 g/mol. The maximum Gasteiger partial charge on any atom is 0.137 e. The third-order valence-electron chi connectivity index (χ3n) is 4.48. The van der Waals surface area contributed by atoms with Crippen LogP contribution in [0.4, 0.5) is 5.69 Å². The summed E-state index contributed by atoms with van der Waals surface area (Å²) in [5.41, 5.74) is 1.28. The molecule has 0 aliphatic carbocycles. The van der Waals surface area contributed by atoms with E-state index in [0.717, 1.165) is 25.7 Å². The summed E-state index contributed by atoms with van der Waals surface area (Å²) in [6.45, 7) is 0. The summed E-state index contributed by atoms with van der Waals surface area (Å²) >= 11 is 0. The van der Waals surface area contributed by atoms with Crippen LogP contribution in [0.5, 0.6) is 0 Å². The van der Waals surface area contributed by atoms with Crippen molar-refractivity contribution in [2.24, 2.45) is 0 Å². The average molecular weight is 252 g/mol. The number of hydrogen-bond donors (Lipinski definition) is 0. The normalized spacial score (nSPS) is 26.1. The number of rotatable bonds is 1. The van der Waals surface area contributed by atoms with E-state index < -0.39 is 0 Å². The minimum Gasteiger partial charge on any atom is -0.364 e. The van der Waals surface area contributed by atoms with Gasteiger partial charge >= 0.3 is 0 Å². The molecule has 1 aromatic heterocycles. The lowest BCUT2D eigenvalue weighted by Crippen LogP contribution is -2.43. The number of nitrogens with zero attached hydrogens (tertiary/aromatic N) is 2. The zero-order chi connectivity index (χ0) is 12.8. The third kappa shape index (κ3) is 1.65. The van der Waals surface area contributed by atoms with Crippen molar-refractivity contribution in [1.29, 1.82) is 0 Å². The van der Waals surface area contributed by atoms with E-state index in [1.165, 1.54) is 16.5 Å². The molecule has 2 bridgehead atoms. The van der Waals surface area contributed by atoms with Gasteiger partial charge in [-0.3, -0.25) is 9.78 Å². The molecule has 1 aromatic carbocycles. The quantitative estimate of drug-likeness (QED) is 0.782. The van der Waals surface area contributed by atoms with E-state index in [1.54, 1.807) is 0 Å². The minimum absolute atomic E-state index is 0.407. The van der Waals surface area contributed by atoms with Crippen LogP contribution >= 0.6 is 0 Å². The van der Waals surface area contributed by atoms with Crippen LogP contribution in [-0.2, 0) is 4.79 Å². The Morgan fingerprint density at radius 2 is 1.89 bits per heavy atom. The molecular formula is C16H16N2O. The number of anilines is 1. The van der Waals surface area contributed by atoms with Gasteiger partial charge in [0.25, 0.3) is 0 Å². The molecule has 0 amide bonds. The van der Waals surface area contributed by atoms with Crippen LogP contribution in [-0.4, -0.2) is 22.9 Å². The first-order valence-electron chi connectivity index (χ1n) is 6.96. The van der Waals surface area contributed by atoms with E-state index in [2.05, 4.69) is 34.1 Å². The summed E-state index contributed by atoms with van der Waals surface area (Å²) in [6.07, 6.45) is 7.50. The Morgan fingerprint density at radius 1 is 1.11 bits per heavy atom. The summed E-state index contributed by atoms with van der Waals surface area (Å²) in [7, 11) is 0. The molecule has 0 spiro atoms. The molecule has 0 radical (unpaired) electrons. The number of carbonyl (C=O) groups excluding carboxylic acids is 1. The highest BCUT2D eigenvalue weighted by molar-refractivity contribution is 5.95. The van der Waals surface area contributed by atoms with Crippen LogP contribution in [0.25, 0.3) is 10.8 Å². The first-order chi connectivity index (χ1) is 9.33. The van der Waals surface area contributed by atoms with E-state index in [9.17, 15) is 4.79 Å². The topological polar surface area (TPSA) is 33.2 Å². The lowest BCUT2D eigenvalue weighted by Gasteiger charge is -2.36. The molecule has 2 aliphatic rings. The van der Waals surface area contributed by atoms with Gasteiger partial charge in [-0.2, -0.15) is 0 Å². The van der Waals surface area contributed by atoms with Crippen molar-refractivity contribution < 1.29 is 4.79 Å². The first kappa shape index (κ1) is 11.0. The zero-order valence-corrected chi connectivity index (χ0v) is 10.7. The molecule has 0 N–H and O–H groups in total. The van der Waals surface area contributed by atoms with Crippen LogP contribution in [0.2, 0.25) is 0 Å². The summed E-state index contributed by atoms with van der Waals surface area (Å²) in [6, 6.07) is 9.28. The molecule has 2 atom stereocenters. The fourth-order valence-electron chi connectivity index (χ4n) is 3.69. The zero-order valence-electron chi connectivity index (χ0n) is 10.7. The summed E-state index contributed by atoms with van der Waals surface area (Å²) < 4.78 is 0. The van der Waals surface area contributed by atoms with Crippen LogP contribution < -0.4 is 4.90 Å². The molecule has 3 nitrogen and oxygen atoms in total. The fourth-order valence-corrected chi connectivity index (χ4v) is 3.69. The van der Waals surface area contributed by atoms with Crippen molar-refractivity contribution in [1.82, 2.24) is 4.98 Å². The number of pyridine rings is 1. The molecule has 2 aromatic rings. The highest BCUT2D eigenvalue weighted by Gasteiger charge is 2.40. The van der Waals surface area contributed by atoms with E-state index in [0.29, 0.717) is 17.9 Å². The monoisotopic (exact) mass is 252 g/mol. The SMILES string of the molecule is O=C1CC2CCC(C1)N2c1cccc2cnccc12. The van der Waals surface area contributed by atoms with Crippen molar-refractivity contribution in [2.45, 2.75) is 37.8 Å². The van der Waals surface area contributed by atoms with Crippen LogP contribution in [0.15, 0.2) is 36.7 Å². The molecule has 2 saturated heterocycles. The Labute approximate surface area is 112 Å². The fraction of sp³-hybridized carbons (Fsp3) is 0.375. The lowest BCUT2D eigenvalue weighted by atomic mass is 9.99. The number of carbonyl (C=O) groups is 1. The molecule has 3 heteroatoms. The number of ketones is 1. The summed E-state index contributed by atoms with van der Waals surface area (Å²) in [4.78, 5) is 18.4. The Kier molecular flexibility index (Phi) is 2.34. The van der Waals surface area contributed by atoms with E-state index in [1.807, 2.05) is 12.4 Å². The van der Waals surface area contributed by atoms with Gasteiger partial charge in [0.1, 0.15) is 5.78 Å². The van der Waals surface area contributed by atoms with E-state index >= 15 is 0 Å². The van der Waals surface area contributed by atoms with E-state index in [-0.39, 0.29) is 0 Å². The minimum atomic E-state index is 0.407. The van der Waals surface area contributed by atoms with Gasteiger partial charge in [0.15, 0.2) is 0 Å².